The van der Waals surface area contributed by atoms with Gasteiger partial charge in [-0.05, 0) is 24.1 Å². The fraction of sp³-hybridized carbons (Fsp3) is 0.118. The summed E-state index contributed by atoms with van der Waals surface area (Å²) in [6, 6.07) is 16.0. The summed E-state index contributed by atoms with van der Waals surface area (Å²) < 4.78 is 0. The number of para-hydroxylation sites is 1. The number of benzene rings is 2. The molecule has 2 aromatic rings. The highest BCUT2D eigenvalue weighted by Gasteiger charge is 2.30. The first-order valence-electron chi connectivity index (χ1n) is 6.33. The van der Waals surface area contributed by atoms with E-state index in [0.29, 0.717) is 0 Å². The first-order chi connectivity index (χ1) is 9.18. The minimum absolute atomic E-state index is 0.0631. The smallest absolute Gasteiger partial charge is 0.258 e. The molecule has 0 fully saturated rings. The number of rotatable bonds is 1. The van der Waals surface area contributed by atoms with Crippen LogP contribution in [0.2, 0.25) is 0 Å². The van der Waals surface area contributed by atoms with Crippen molar-refractivity contribution in [2.45, 2.75) is 6.92 Å². The van der Waals surface area contributed by atoms with Crippen LogP contribution in [0.25, 0.3) is 11.6 Å². The molecule has 2 heteroatoms. The topological polar surface area (TPSA) is 20.3 Å². The Morgan fingerprint density at radius 3 is 2.47 bits per heavy atom. The number of nitrogens with zero attached hydrogens (tertiary/aromatic N) is 1. The number of hydrogen-bond donors (Lipinski definition) is 0. The minimum atomic E-state index is 0.0631. The van der Waals surface area contributed by atoms with E-state index in [9.17, 15) is 4.79 Å². The molecule has 19 heavy (non-hydrogen) atoms. The maximum absolute atomic E-state index is 12.4. The number of carbonyl (C=O) groups excluding carboxylic acids is 1. The highest BCUT2D eigenvalue weighted by Crippen LogP contribution is 2.38. The van der Waals surface area contributed by atoms with Crippen LogP contribution in [0.15, 0.2) is 48.5 Å². The van der Waals surface area contributed by atoms with Gasteiger partial charge in [-0.25, -0.2) is 0 Å². The van der Waals surface area contributed by atoms with Crippen LogP contribution in [0.5, 0.6) is 0 Å². The summed E-state index contributed by atoms with van der Waals surface area (Å²) in [5, 5.41) is 0. The van der Waals surface area contributed by atoms with Gasteiger partial charge in [-0.2, -0.15) is 0 Å². The molecule has 0 N–H and O–H groups in total. The van der Waals surface area contributed by atoms with Crippen molar-refractivity contribution < 1.29 is 4.79 Å². The molecule has 0 spiro atoms. The number of fused-ring (bicyclic) bond motifs is 1. The SMILES string of the molecule is Cc1cccc2c1N(C)C(=O)/C2=C/c1ccccc1. The summed E-state index contributed by atoms with van der Waals surface area (Å²) in [5.74, 6) is 0.0631. The Hall–Kier alpha value is -2.35. The number of likely N-dealkylation sites (N-methyl/N-ethyl adjacent to an activating group) is 1. The highest BCUT2D eigenvalue weighted by molar-refractivity contribution is 6.35. The van der Waals surface area contributed by atoms with Crippen LogP contribution < -0.4 is 4.90 Å². The number of amides is 1. The van der Waals surface area contributed by atoms with Gasteiger partial charge in [-0.1, -0.05) is 48.5 Å². The molecule has 94 valence electrons. The molecule has 0 saturated heterocycles. The van der Waals surface area contributed by atoms with E-state index in [4.69, 9.17) is 0 Å². The van der Waals surface area contributed by atoms with Gasteiger partial charge in [0.2, 0.25) is 0 Å². The second-order valence-corrected chi connectivity index (χ2v) is 4.80. The molecule has 0 bridgehead atoms. The maximum atomic E-state index is 12.4. The second kappa shape index (κ2) is 4.39. The van der Waals surface area contributed by atoms with E-state index in [1.165, 1.54) is 0 Å². The molecule has 1 aliphatic heterocycles. The summed E-state index contributed by atoms with van der Waals surface area (Å²) in [6.45, 7) is 2.04. The van der Waals surface area contributed by atoms with Crippen molar-refractivity contribution in [3.05, 3.63) is 65.2 Å². The van der Waals surface area contributed by atoms with Gasteiger partial charge in [-0.15, -0.1) is 0 Å². The molecule has 1 heterocycles. The summed E-state index contributed by atoms with van der Waals surface area (Å²) >= 11 is 0. The predicted molar refractivity (Wildman–Crippen MR) is 78.9 cm³/mol. The van der Waals surface area contributed by atoms with Gasteiger partial charge in [-0.3, -0.25) is 4.79 Å². The van der Waals surface area contributed by atoms with Crippen LogP contribution in [0.4, 0.5) is 5.69 Å². The molecule has 0 atom stereocenters. The van der Waals surface area contributed by atoms with Gasteiger partial charge in [0.25, 0.3) is 5.91 Å². The summed E-state index contributed by atoms with van der Waals surface area (Å²) in [5.41, 5.74) is 5.00. The molecule has 0 radical (unpaired) electrons. The molecular formula is C17H15NO. The molecule has 1 aliphatic rings. The van der Waals surface area contributed by atoms with Crippen molar-refractivity contribution in [3.63, 3.8) is 0 Å². The fourth-order valence-electron chi connectivity index (χ4n) is 2.57. The molecule has 2 nitrogen and oxygen atoms in total. The third-order valence-electron chi connectivity index (χ3n) is 3.51. The quantitative estimate of drug-likeness (QED) is 0.708. The van der Waals surface area contributed by atoms with E-state index in [0.717, 1.165) is 28.0 Å². The zero-order valence-corrected chi connectivity index (χ0v) is 11.1. The van der Waals surface area contributed by atoms with Crippen LogP contribution in [-0.2, 0) is 4.79 Å². The predicted octanol–water partition coefficient (Wildman–Crippen LogP) is 3.51. The van der Waals surface area contributed by atoms with Crippen molar-refractivity contribution in [1.29, 1.82) is 0 Å². The monoisotopic (exact) mass is 249 g/mol. The molecule has 3 rings (SSSR count). The van der Waals surface area contributed by atoms with Crippen LogP contribution >= 0.6 is 0 Å². The lowest BCUT2D eigenvalue weighted by atomic mass is 10.0. The van der Waals surface area contributed by atoms with Crippen LogP contribution in [-0.4, -0.2) is 13.0 Å². The Balaban J connectivity index is 2.18. The summed E-state index contributed by atoms with van der Waals surface area (Å²) in [4.78, 5) is 14.1. The standard InChI is InChI=1S/C17H15NO/c1-12-7-6-10-14-15(17(19)18(2)16(12)14)11-13-8-4-3-5-9-13/h3-11H,1-2H3/b15-11+. The van der Waals surface area contributed by atoms with E-state index in [1.54, 1.807) is 4.90 Å². The van der Waals surface area contributed by atoms with Crippen LogP contribution in [0.3, 0.4) is 0 Å². The lowest BCUT2D eigenvalue weighted by molar-refractivity contribution is -0.112. The number of aryl methyl sites for hydroxylation is 1. The van der Waals surface area contributed by atoms with E-state index >= 15 is 0 Å². The van der Waals surface area contributed by atoms with Gasteiger partial charge in [0.15, 0.2) is 0 Å². The van der Waals surface area contributed by atoms with Gasteiger partial charge in [0, 0.05) is 18.2 Å². The average molecular weight is 249 g/mol. The van der Waals surface area contributed by atoms with Gasteiger partial charge in [0.1, 0.15) is 0 Å². The first-order valence-corrected chi connectivity index (χ1v) is 6.33. The van der Waals surface area contributed by atoms with Crippen molar-refractivity contribution >= 4 is 23.2 Å². The van der Waals surface area contributed by atoms with Gasteiger partial charge in [0.05, 0.1) is 5.69 Å². The molecular weight excluding hydrogens is 234 g/mol. The largest absolute Gasteiger partial charge is 0.311 e. The van der Waals surface area contributed by atoms with Crippen LogP contribution in [0.1, 0.15) is 16.7 Å². The second-order valence-electron chi connectivity index (χ2n) is 4.80. The normalized spacial score (nSPS) is 16.0. The molecule has 1 amide bonds. The zero-order valence-electron chi connectivity index (χ0n) is 11.1. The molecule has 0 aliphatic carbocycles. The van der Waals surface area contributed by atoms with Crippen molar-refractivity contribution in [2.24, 2.45) is 0 Å². The number of anilines is 1. The average Bonchev–Trinajstić information content (AvgIpc) is 2.66. The molecule has 2 aromatic carbocycles. The number of hydrogen-bond acceptors (Lipinski definition) is 1. The number of carbonyl (C=O) groups is 1. The van der Waals surface area contributed by atoms with Gasteiger partial charge >= 0.3 is 0 Å². The highest BCUT2D eigenvalue weighted by atomic mass is 16.2. The van der Waals surface area contributed by atoms with E-state index < -0.39 is 0 Å². The van der Waals surface area contributed by atoms with E-state index in [1.807, 2.05) is 68.6 Å². The first kappa shape index (κ1) is 11.7. The Morgan fingerprint density at radius 2 is 1.74 bits per heavy atom. The molecule has 0 saturated carbocycles. The Bertz CT molecular complexity index is 671. The van der Waals surface area contributed by atoms with E-state index in [-0.39, 0.29) is 5.91 Å². The molecule has 0 unspecified atom stereocenters. The van der Waals surface area contributed by atoms with Gasteiger partial charge < -0.3 is 4.90 Å². The lowest BCUT2D eigenvalue weighted by Gasteiger charge is -2.11. The van der Waals surface area contributed by atoms with Crippen LogP contribution in [0, 0.1) is 6.92 Å². The van der Waals surface area contributed by atoms with E-state index in [2.05, 4.69) is 0 Å². The third kappa shape index (κ3) is 1.85. The van der Waals surface area contributed by atoms with Crippen molar-refractivity contribution in [2.75, 3.05) is 11.9 Å². The maximum Gasteiger partial charge on any atom is 0.258 e. The lowest BCUT2D eigenvalue weighted by Crippen LogP contribution is -2.20. The Kier molecular flexibility index (Phi) is 2.71. The summed E-state index contributed by atoms with van der Waals surface area (Å²) in [6.07, 6.45) is 1.96. The molecule has 0 aromatic heterocycles. The van der Waals surface area contributed by atoms with Crippen molar-refractivity contribution in [3.8, 4) is 0 Å². The Labute approximate surface area is 113 Å². The summed E-state index contributed by atoms with van der Waals surface area (Å²) in [7, 11) is 1.83. The third-order valence-corrected chi connectivity index (χ3v) is 3.51. The zero-order chi connectivity index (χ0) is 13.4. The fourth-order valence-corrected chi connectivity index (χ4v) is 2.57. The minimum Gasteiger partial charge on any atom is -0.311 e. The Morgan fingerprint density at radius 1 is 1.00 bits per heavy atom. The van der Waals surface area contributed by atoms with Crippen molar-refractivity contribution in [1.82, 2.24) is 0 Å².